The van der Waals surface area contributed by atoms with E-state index in [1.807, 2.05) is 0 Å². The Labute approximate surface area is 187 Å². The predicted molar refractivity (Wildman–Crippen MR) is 126 cm³/mol. The van der Waals surface area contributed by atoms with Crippen molar-refractivity contribution in [1.82, 2.24) is 0 Å². The molecule has 5 fully saturated rings. The molecule has 12 atom stereocenters. The van der Waals surface area contributed by atoms with E-state index in [-0.39, 0.29) is 6.10 Å². The van der Waals surface area contributed by atoms with Gasteiger partial charge in [0.1, 0.15) is 0 Å². The van der Waals surface area contributed by atoms with Crippen molar-refractivity contribution in [2.45, 2.75) is 112 Å². The highest BCUT2D eigenvalue weighted by atomic mass is 16.3. The molecule has 0 heterocycles. The van der Waals surface area contributed by atoms with E-state index in [1.54, 1.807) is 0 Å². The van der Waals surface area contributed by atoms with Crippen LogP contribution in [0, 0.1) is 70.0 Å². The zero-order valence-electron chi connectivity index (χ0n) is 20.9. The molecule has 0 radical (unpaired) electrons. The Kier molecular flexibility index (Phi) is 5.44. The van der Waals surface area contributed by atoms with E-state index in [0.29, 0.717) is 10.8 Å². The molecule has 0 amide bonds. The Bertz CT molecular complexity index is 640. The van der Waals surface area contributed by atoms with Gasteiger partial charge in [-0.25, -0.2) is 0 Å². The fraction of sp³-hybridized carbons (Fsp3) is 1.00. The first-order chi connectivity index (χ1) is 14.2. The van der Waals surface area contributed by atoms with Gasteiger partial charge in [-0.1, -0.05) is 41.5 Å². The van der Waals surface area contributed by atoms with Gasteiger partial charge in [0.05, 0.1) is 6.10 Å². The topological polar surface area (TPSA) is 20.2 Å². The van der Waals surface area contributed by atoms with Crippen molar-refractivity contribution in [1.29, 1.82) is 0 Å². The predicted octanol–water partition coefficient (Wildman–Crippen LogP) is 7.57. The average Bonchev–Trinajstić information content (AvgIpc) is 3.42. The first kappa shape index (κ1) is 21.8. The van der Waals surface area contributed by atoms with Crippen molar-refractivity contribution in [3.63, 3.8) is 0 Å². The molecule has 1 nitrogen and oxygen atoms in total. The smallest absolute Gasteiger partial charge is 0.0543 e. The third-order valence-electron chi connectivity index (χ3n) is 12.6. The summed E-state index contributed by atoms with van der Waals surface area (Å²) in [6.45, 7) is 15.4. The van der Waals surface area contributed by atoms with Crippen LogP contribution in [-0.2, 0) is 0 Å². The van der Waals surface area contributed by atoms with Crippen molar-refractivity contribution >= 4 is 0 Å². The highest BCUT2D eigenvalue weighted by Crippen LogP contribution is 2.69. The maximum absolute atomic E-state index is 10.3. The van der Waals surface area contributed by atoms with E-state index in [0.717, 1.165) is 72.0 Å². The largest absolute Gasteiger partial charge is 0.393 e. The second-order valence-electron chi connectivity index (χ2n) is 13.8. The van der Waals surface area contributed by atoms with Gasteiger partial charge in [0.2, 0.25) is 0 Å². The molecule has 172 valence electrons. The Morgan fingerprint density at radius 2 is 1.43 bits per heavy atom. The minimum absolute atomic E-state index is 0.00934. The summed E-state index contributed by atoms with van der Waals surface area (Å²) in [5.41, 5.74) is 1.15. The van der Waals surface area contributed by atoms with E-state index in [2.05, 4.69) is 41.5 Å². The quantitative estimate of drug-likeness (QED) is 0.503. The minimum atomic E-state index is -0.00934. The van der Waals surface area contributed by atoms with Gasteiger partial charge in [0, 0.05) is 0 Å². The fourth-order valence-corrected chi connectivity index (χ4v) is 10.4. The lowest BCUT2D eigenvalue weighted by molar-refractivity contribution is -0.129. The molecule has 30 heavy (non-hydrogen) atoms. The maximum atomic E-state index is 10.3. The van der Waals surface area contributed by atoms with Gasteiger partial charge in [-0.05, 0) is 134 Å². The zero-order chi connectivity index (χ0) is 21.4. The SMILES string of the molecule is CC(C)C(C)C1CC1C(C)C1CCC2C3CCC4CC(O)CCC4(C)C3CCC12C. The van der Waals surface area contributed by atoms with E-state index in [4.69, 9.17) is 0 Å². The Morgan fingerprint density at radius 3 is 2.17 bits per heavy atom. The molecule has 0 aliphatic heterocycles. The van der Waals surface area contributed by atoms with Gasteiger partial charge in [-0.3, -0.25) is 0 Å². The molecule has 5 rings (SSSR count). The summed E-state index contributed by atoms with van der Waals surface area (Å²) in [5.74, 6) is 9.45. The lowest BCUT2D eigenvalue weighted by Crippen LogP contribution is -2.54. The van der Waals surface area contributed by atoms with Crippen molar-refractivity contribution in [2.75, 3.05) is 0 Å². The lowest BCUT2D eigenvalue weighted by atomic mass is 9.44. The van der Waals surface area contributed by atoms with E-state index in [9.17, 15) is 5.11 Å². The standard InChI is InChI=1S/C29H50O/c1-17(2)18(3)23-16-24(23)19(4)25-9-10-26-22-8-7-20-15-21(30)11-13-28(20,5)27(22)12-14-29(25,26)6/h17-27,30H,7-16H2,1-6H3. The molecule has 1 heteroatoms. The third-order valence-corrected chi connectivity index (χ3v) is 12.6. The van der Waals surface area contributed by atoms with Crippen LogP contribution < -0.4 is 0 Å². The second kappa shape index (κ2) is 7.50. The number of hydrogen-bond donors (Lipinski definition) is 1. The molecule has 0 aromatic rings. The third kappa shape index (κ3) is 3.18. The van der Waals surface area contributed by atoms with Crippen molar-refractivity contribution in [3.05, 3.63) is 0 Å². The first-order valence-electron chi connectivity index (χ1n) is 13.8. The number of aliphatic hydroxyl groups excluding tert-OH is 1. The molecule has 1 N–H and O–H groups in total. The molecule has 0 aromatic heterocycles. The minimum Gasteiger partial charge on any atom is -0.393 e. The van der Waals surface area contributed by atoms with Crippen LogP contribution in [0.4, 0.5) is 0 Å². The molecule has 5 aliphatic carbocycles. The molecule has 0 aromatic carbocycles. The van der Waals surface area contributed by atoms with Crippen LogP contribution in [0.5, 0.6) is 0 Å². The van der Waals surface area contributed by atoms with Crippen molar-refractivity contribution in [2.24, 2.45) is 70.0 Å². The molecule has 12 unspecified atom stereocenters. The van der Waals surface area contributed by atoms with Gasteiger partial charge < -0.3 is 5.11 Å². The normalized spacial score (nSPS) is 54.8. The number of rotatable bonds is 4. The molecular weight excluding hydrogens is 364 g/mol. The number of hydrogen-bond acceptors (Lipinski definition) is 1. The van der Waals surface area contributed by atoms with Crippen LogP contribution >= 0.6 is 0 Å². The van der Waals surface area contributed by atoms with E-state index in [1.165, 1.54) is 51.4 Å². The number of aliphatic hydroxyl groups is 1. The fourth-order valence-electron chi connectivity index (χ4n) is 10.4. The molecule has 0 bridgehead atoms. The summed E-state index contributed by atoms with van der Waals surface area (Å²) in [6.07, 6.45) is 13.9. The Morgan fingerprint density at radius 1 is 0.733 bits per heavy atom. The molecule has 5 aliphatic rings. The highest BCUT2D eigenvalue weighted by Gasteiger charge is 2.62. The summed E-state index contributed by atoms with van der Waals surface area (Å²) in [7, 11) is 0. The molecule has 0 spiro atoms. The van der Waals surface area contributed by atoms with Crippen LogP contribution in [-0.4, -0.2) is 11.2 Å². The van der Waals surface area contributed by atoms with Gasteiger partial charge >= 0.3 is 0 Å². The van der Waals surface area contributed by atoms with Crippen LogP contribution in [0.3, 0.4) is 0 Å². The summed E-state index contributed by atoms with van der Waals surface area (Å²) in [6, 6.07) is 0. The Balaban J connectivity index is 1.31. The lowest BCUT2D eigenvalue weighted by Gasteiger charge is -2.61. The maximum Gasteiger partial charge on any atom is 0.0543 e. The number of fused-ring (bicyclic) bond motifs is 5. The molecule has 0 saturated heterocycles. The van der Waals surface area contributed by atoms with Gasteiger partial charge in [-0.2, -0.15) is 0 Å². The second-order valence-corrected chi connectivity index (χ2v) is 13.8. The van der Waals surface area contributed by atoms with Crippen molar-refractivity contribution in [3.8, 4) is 0 Å². The van der Waals surface area contributed by atoms with Gasteiger partial charge in [0.15, 0.2) is 0 Å². The molecule has 5 saturated carbocycles. The van der Waals surface area contributed by atoms with Crippen LogP contribution in [0.25, 0.3) is 0 Å². The van der Waals surface area contributed by atoms with Gasteiger partial charge in [0.25, 0.3) is 0 Å². The van der Waals surface area contributed by atoms with E-state index < -0.39 is 0 Å². The van der Waals surface area contributed by atoms with Crippen LogP contribution in [0.15, 0.2) is 0 Å². The first-order valence-corrected chi connectivity index (χ1v) is 13.8. The molecular formula is C29H50O. The summed E-state index contributed by atoms with van der Waals surface area (Å²) >= 11 is 0. The van der Waals surface area contributed by atoms with E-state index >= 15 is 0 Å². The van der Waals surface area contributed by atoms with Crippen molar-refractivity contribution < 1.29 is 5.11 Å². The summed E-state index contributed by atoms with van der Waals surface area (Å²) in [4.78, 5) is 0. The zero-order valence-corrected chi connectivity index (χ0v) is 20.9. The average molecular weight is 415 g/mol. The Hall–Kier alpha value is -0.0400. The monoisotopic (exact) mass is 414 g/mol. The van der Waals surface area contributed by atoms with Gasteiger partial charge in [-0.15, -0.1) is 0 Å². The van der Waals surface area contributed by atoms with Crippen LogP contribution in [0.2, 0.25) is 0 Å². The summed E-state index contributed by atoms with van der Waals surface area (Å²) in [5, 5.41) is 10.3. The van der Waals surface area contributed by atoms with Crippen LogP contribution in [0.1, 0.15) is 106 Å². The highest BCUT2D eigenvalue weighted by molar-refractivity contribution is 5.11. The summed E-state index contributed by atoms with van der Waals surface area (Å²) < 4.78 is 0.